The van der Waals surface area contributed by atoms with Gasteiger partial charge in [0, 0.05) is 18.9 Å². The largest absolute Gasteiger partial charge is 0.466 e. The minimum absolute atomic E-state index is 0.0768. The molecule has 1 amide bonds. The zero-order chi connectivity index (χ0) is 28.0. The summed E-state index contributed by atoms with van der Waals surface area (Å²) in [5, 5.41) is 3.08. The van der Waals surface area contributed by atoms with E-state index in [0.29, 0.717) is 31.2 Å². The lowest BCUT2D eigenvalue weighted by atomic mass is 9.84. The Balaban J connectivity index is 1.58. The van der Waals surface area contributed by atoms with E-state index in [1.807, 2.05) is 0 Å². The maximum Gasteiger partial charge on any atom is 0.306 e. The third kappa shape index (κ3) is 7.29. The van der Waals surface area contributed by atoms with E-state index in [-0.39, 0.29) is 34.1 Å². The van der Waals surface area contributed by atoms with Crippen molar-refractivity contribution >= 4 is 38.4 Å². The number of anilines is 1. The number of esters is 1. The second-order valence-electron chi connectivity index (χ2n) is 10.0. The quantitative estimate of drug-likeness (QED) is 0.373. The van der Waals surface area contributed by atoms with Crippen molar-refractivity contribution in [1.29, 1.82) is 0 Å². The number of hydrogen-bond donors (Lipinski definition) is 1. The van der Waals surface area contributed by atoms with Crippen molar-refractivity contribution < 1.29 is 22.7 Å². The summed E-state index contributed by atoms with van der Waals surface area (Å²) < 4.78 is 30.2. The first-order valence-electron chi connectivity index (χ1n) is 13.3. The van der Waals surface area contributed by atoms with E-state index in [0.717, 1.165) is 37.5 Å². The Kier molecular flexibility index (Phi) is 9.11. The maximum absolute atomic E-state index is 13.6. The van der Waals surface area contributed by atoms with E-state index in [2.05, 4.69) is 15.3 Å². The molecule has 1 aliphatic carbocycles. The van der Waals surface area contributed by atoms with Crippen LogP contribution < -0.4 is 10.9 Å². The topological polar surface area (TPSA) is 137 Å². The molecule has 1 unspecified atom stereocenters. The zero-order valence-corrected chi connectivity index (χ0v) is 23.1. The summed E-state index contributed by atoms with van der Waals surface area (Å²) in [6.07, 6.45) is 10.6. The van der Waals surface area contributed by atoms with Crippen molar-refractivity contribution in [1.82, 2.24) is 14.5 Å². The molecule has 1 aliphatic rings. The van der Waals surface area contributed by atoms with Gasteiger partial charge in [0.1, 0.15) is 11.9 Å². The molecule has 3 aromatic rings. The number of nitrogens with one attached hydrogen (secondary N) is 1. The highest BCUT2D eigenvalue weighted by Gasteiger charge is 2.28. The van der Waals surface area contributed by atoms with E-state index in [4.69, 9.17) is 4.74 Å². The number of fused-ring (bicyclic) bond motifs is 1. The van der Waals surface area contributed by atoms with E-state index < -0.39 is 21.4 Å². The van der Waals surface area contributed by atoms with Crippen LogP contribution >= 0.6 is 0 Å². The van der Waals surface area contributed by atoms with Gasteiger partial charge in [-0.1, -0.05) is 38.2 Å². The molecule has 1 saturated carbocycles. The highest BCUT2D eigenvalue weighted by molar-refractivity contribution is 7.90. The minimum Gasteiger partial charge on any atom is -0.466 e. The third-order valence-electron chi connectivity index (χ3n) is 7.10. The number of aryl methyl sites for hydroxylation is 1. The average Bonchev–Trinajstić information content (AvgIpc) is 2.92. The Bertz CT molecular complexity index is 1490. The SMILES string of the molecule is CCOC(=O)CCc1ccc(NC(=O)C(CC2CCCCC2)n2cnc3cc(S(C)(=O)=O)ccc3c2=O)nc1. The molecule has 2 aromatic heterocycles. The van der Waals surface area contributed by atoms with Crippen LogP contribution in [-0.2, 0) is 30.6 Å². The molecule has 1 N–H and O–H groups in total. The number of hydrogen-bond acceptors (Lipinski definition) is 8. The summed E-state index contributed by atoms with van der Waals surface area (Å²) in [6, 6.07) is 6.86. The number of pyridine rings is 1. The highest BCUT2D eigenvalue weighted by Crippen LogP contribution is 2.31. The van der Waals surface area contributed by atoms with Gasteiger partial charge in [0.15, 0.2) is 9.84 Å². The Morgan fingerprint density at radius 1 is 1.13 bits per heavy atom. The summed E-state index contributed by atoms with van der Waals surface area (Å²) in [4.78, 5) is 47.4. The minimum atomic E-state index is -3.46. The summed E-state index contributed by atoms with van der Waals surface area (Å²) in [5.41, 5.74) is 0.692. The predicted molar refractivity (Wildman–Crippen MR) is 147 cm³/mol. The molecule has 4 rings (SSSR count). The van der Waals surface area contributed by atoms with Gasteiger partial charge in [-0.25, -0.2) is 18.4 Å². The van der Waals surface area contributed by atoms with E-state index in [1.165, 1.54) is 35.5 Å². The van der Waals surface area contributed by atoms with Gasteiger partial charge in [-0.15, -0.1) is 0 Å². The highest BCUT2D eigenvalue weighted by atomic mass is 32.2. The Hall–Kier alpha value is -3.60. The first kappa shape index (κ1) is 28.4. The summed E-state index contributed by atoms with van der Waals surface area (Å²) in [6.45, 7) is 2.09. The van der Waals surface area contributed by atoms with Gasteiger partial charge in [-0.05, 0) is 55.5 Å². The van der Waals surface area contributed by atoms with Crippen LogP contribution in [0.3, 0.4) is 0 Å². The fourth-order valence-electron chi connectivity index (χ4n) is 4.99. The van der Waals surface area contributed by atoms with E-state index in [9.17, 15) is 22.8 Å². The third-order valence-corrected chi connectivity index (χ3v) is 8.21. The molecule has 0 radical (unpaired) electrons. The molecule has 10 nitrogen and oxygen atoms in total. The summed E-state index contributed by atoms with van der Waals surface area (Å²) >= 11 is 0. The van der Waals surface area contributed by atoms with Gasteiger partial charge in [0.25, 0.3) is 5.56 Å². The second kappa shape index (κ2) is 12.5. The molecule has 0 bridgehead atoms. The van der Waals surface area contributed by atoms with Crippen molar-refractivity contribution in [2.24, 2.45) is 5.92 Å². The standard InChI is InChI=1S/C28H34N4O6S/c1-3-38-26(33)14-10-20-9-13-25(29-17-20)31-27(34)24(15-19-7-5-4-6-8-19)32-18-30-23-16-21(39(2,36)37)11-12-22(23)28(32)35/h9,11-13,16-19,24H,3-8,10,14-15H2,1-2H3,(H,29,31,34). The van der Waals surface area contributed by atoms with E-state index in [1.54, 1.807) is 25.3 Å². The molecule has 2 heterocycles. The van der Waals surface area contributed by atoms with Crippen molar-refractivity contribution in [2.75, 3.05) is 18.2 Å². The summed E-state index contributed by atoms with van der Waals surface area (Å²) in [7, 11) is -3.46. The fraction of sp³-hybridized carbons (Fsp3) is 0.464. The number of carbonyl (C=O) groups is 2. The number of sulfone groups is 1. The zero-order valence-electron chi connectivity index (χ0n) is 22.3. The van der Waals surface area contributed by atoms with Crippen LogP contribution in [0.15, 0.2) is 52.5 Å². The molecule has 0 saturated heterocycles. The number of rotatable bonds is 10. The van der Waals surface area contributed by atoms with Crippen LogP contribution in [-0.4, -0.2) is 47.7 Å². The van der Waals surface area contributed by atoms with Crippen LogP contribution in [0.25, 0.3) is 10.9 Å². The first-order valence-corrected chi connectivity index (χ1v) is 15.2. The maximum atomic E-state index is 13.6. The van der Waals surface area contributed by atoms with Crippen LogP contribution in [0.4, 0.5) is 5.82 Å². The molecule has 11 heteroatoms. The number of carbonyl (C=O) groups excluding carboxylic acids is 2. The molecule has 0 aliphatic heterocycles. The van der Waals surface area contributed by atoms with Crippen LogP contribution in [0.5, 0.6) is 0 Å². The normalized spacial score (nSPS) is 15.1. The van der Waals surface area contributed by atoms with Gasteiger partial charge in [0.2, 0.25) is 5.91 Å². The number of ether oxygens (including phenoxy) is 1. The Morgan fingerprint density at radius 2 is 1.90 bits per heavy atom. The van der Waals surface area contributed by atoms with Crippen LogP contribution in [0, 0.1) is 5.92 Å². The molecule has 1 aromatic carbocycles. The van der Waals surface area contributed by atoms with Gasteiger partial charge in [0.05, 0.1) is 28.7 Å². The first-order chi connectivity index (χ1) is 18.7. The molecule has 39 heavy (non-hydrogen) atoms. The Labute approximate surface area is 227 Å². The predicted octanol–water partition coefficient (Wildman–Crippen LogP) is 3.84. The van der Waals surface area contributed by atoms with Gasteiger partial charge in [-0.3, -0.25) is 19.0 Å². The van der Waals surface area contributed by atoms with E-state index >= 15 is 0 Å². The number of benzene rings is 1. The van der Waals surface area contributed by atoms with Gasteiger partial charge >= 0.3 is 5.97 Å². The van der Waals surface area contributed by atoms with Crippen LogP contribution in [0.2, 0.25) is 0 Å². The molecular weight excluding hydrogens is 520 g/mol. The molecule has 0 spiro atoms. The molecule has 208 valence electrons. The van der Waals surface area contributed by atoms with Gasteiger partial charge in [-0.2, -0.15) is 0 Å². The van der Waals surface area contributed by atoms with Crippen molar-refractivity contribution in [3.8, 4) is 0 Å². The fourth-order valence-corrected chi connectivity index (χ4v) is 5.63. The monoisotopic (exact) mass is 554 g/mol. The van der Waals surface area contributed by atoms with Gasteiger partial charge < -0.3 is 10.1 Å². The molecule has 1 atom stereocenters. The number of aromatic nitrogens is 3. The number of amides is 1. The lowest BCUT2D eigenvalue weighted by Gasteiger charge is -2.27. The van der Waals surface area contributed by atoms with Crippen molar-refractivity contribution in [3.05, 3.63) is 58.8 Å². The van der Waals surface area contributed by atoms with Crippen molar-refractivity contribution in [3.63, 3.8) is 0 Å². The lowest BCUT2D eigenvalue weighted by molar-refractivity contribution is -0.143. The molecular formula is C28H34N4O6S. The van der Waals surface area contributed by atoms with Crippen molar-refractivity contribution in [2.45, 2.75) is 69.2 Å². The average molecular weight is 555 g/mol. The number of nitrogens with zero attached hydrogens (tertiary/aromatic N) is 3. The summed E-state index contributed by atoms with van der Waals surface area (Å²) in [5.74, 6) is -0.0122. The Morgan fingerprint density at radius 3 is 2.56 bits per heavy atom. The second-order valence-corrected chi connectivity index (χ2v) is 12.0. The molecule has 1 fully saturated rings. The lowest BCUT2D eigenvalue weighted by Crippen LogP contribution is -2.35. The smallest absolute Gasteiger partial charge is 0.306 e. The van der Waals surface area contributed by atoms with Crippen LogP contribution in [0.1, 0.15) is 63.5 Å².